The number of carbonyl (C=O) groups excluding carboxylic acids is 1. The molecule has 4 aromatic rings. The Bertz CT molecular complexity index is 1270. The molecule has 0 saturated carbocycles. The fourth-order valence-electron chi connectivity index (χ4n) is 5.08. The molecule has 0 fully saturated rings. The number of hydrogen-bond donors (Lipinski definition) is 0. The minimum Gasteiger partial charge on any atom is -0.489 e. The largest absolute Gasteiger partial charge is 0.489 e. The van der Waals surface area contributed by atoms with E-state index in [0.717, 1.165) is 29.5 Å². The Morgan fingerprint density at radius 3 is 1.35 bits per heavy atom. The number of ether oxygens (including phenoxy) is 3. The van der Waals surface area contributed by atoms with Crippen LogP contribution in [0.25, 0.3) is 0 Å². The molecule has 0 unspecified atom stereocenters. The zero-order chi connectivity index (χ0) is 30.0. The van der Waals surface area contributed by atoms with Gasteiger partial charge in [0.25, 0.3) is 0 Å². The molecule has 0 N–H and O–H groups in total. The van der Waals surface area contributed by atoms with Gasteiger partial charge in [-0.2, -0.15) is 0 Å². The van der Waals surface area contributed by atoms with Crippen LogP contribution < -0.4 is 14.2 Å². The van der Waals surface area contributed by atoms with Crippen molar-refractivity contribution in [3.05, 3.63) is 125 Å². The third-order valence-electron chi connectivity index (χ3n) is 7.55. The van der Waals surface area contributed by atoms with Gasteiger partial charge in [-0.25, -0.2) is 0 Å². The fraction of sp³-hybridized carbons (Fsp3) is 0.359. The summed E-state index contributed by atoms with van der Waals surface area (Å²) >= 11 is 0. The summed E-state index contributed by atoms with van der Waals surface area (Å²) in [5.41, 5.74) is 3.62. The average Bonchev–Trinajstić information content (AvgIpc) is 3.06. The molecule has 0 spiro atoms. The summed E-state index contributed by atoms with van der Waals surface area (Å²) in [6.45, 7) is 3.35. The lowest BCUT2D eigenvalue weighted by molar-refractivity contribution is 0.0969. The highest BCUT2D eigenvalue weighted by Crippen LogP contribution is 2.37. The monoisotopic (exact) mass is 578 g/mol. The third-order valence-corrected chi connectivity index (χ3v) is 7.55. The van der Waals surface area contributed by atoms with Crippen LogP contribution >= 0.6 is 0 Å². The molecule has 0 aliphatic heterocycles. The summed E-state index contributed by atoms with van der Waals surface area (Å²) in [6.07, 6.45) is 11.3. The highest BCUT2D eigenvalue weighted by atomic mass is 16.5. The molecule has 4 nitrogen and oxygen atoms in total. The number of unbranched alkanes of at least 4 members (excludes halogenated alkanes) is 8. The Kier molecular flexibility index (Phi) is 13.7. The van der Waals surface area contributed by atoms with Gasteiger partial charge in [0.05, 0.1) is 0 Å². The summed E-state index contributed by atoms with van der Waals surface area (Å²) < 4.78 is 18.9. The molecule has 0 atom stereocenters. The van der Waals surface area contributed by atoms with Crippen molar-refractivity contribution in [2.24, 2.45) is 0 Å². The number of Topliss-reactive ketones (excluding diaryl/α,β-unsaturated/α-hetero) is 1. The van der Waals surface area contributed by atoms with Crippen LogP contribution in [0.4, 0.5) is 0 Å². The van der Waals surface area contributed by atoms with Crippen LogP contribution in [-0.2, 0) is 19.8 Å². The Labute approximate surface area is 258 Å². The Balaban J connectivity index is 1.52. The maximum Gasteiger partial charge on any atom is 0.170 e. The maximum absolute atomic E-state index is 13.8. The first-order chi connectivity index (χ1) is 21.2. The first-order valence-electron chi connectivity index (χ1n) is 15.9. The summed E-state index contributed by atoms with van der Waals surface area (Å²) in [5, 5.41) is 0. The lowest BCUT2D eigenvalue weighted by Gasteiger charge is -2.18. The summed E-state index contributed by atoms with van der Waals surface area (Å²) in [6, 6.07) is 33.7. The number of hydrogen-bond acceptors (Lipinski definition) is 4. The van der Waals surface area contributed by atoms with E-state index in [1.54, 1.807) is 0 Å². The molecule has 226 valence electrons. The lowest BCUT2D eigenvalue weighted by Crippen LogP contribution is -2.09. The van der Waals surface area contributed by atoms with Crippen LogP contribution in [-0.4, -0.2) is 5.78 Å². The van der Waals surface area contributed by atoms with E-state index in [4.69, 9.17) is 14.2 Å². The van der Waals surface area contributed by atoms with Crippen LogP contribution in [0.3, 0.4) is 0 Å². The van der Waals surface area contributed by atoms with E-state index < -0.39 is 0 Å². The number of ketones is 1. The Hall–Kier alpha value is -4.05. The predicted octanol–water partition coefficient (Wildman–Crippen LogP) is 10.5. The van der Waals surface area contributed by atoms with E-state index in [1.165, 1.54) is 44.9 Å². The Morgan fingerprint density at radius 2 is 0.907 bits per heavy atom. The number of rotatable bonds is 20. The normalized spacial score (nSPS) is 10.8. The minimum absolute atomic E-state index is 0.0451. The van der Waals surface area contributed by atoms with Gasteiger partial charge < -0.3 is 14.2 Å². The van der Waals surface area contributed by atoms with Crippen LogP contribution in [0.15, 0.2) is 103 Å². The van der Waals surface area contributed by atoms with Crippen LogP contribution in [0.2, 0.25) is 0 Å². The van der Waals surface area contributed by atoms with Crippen molar-refractivity contribution in [3.63, 3.8) is 0 Å². The lowest BCUT2D eigenvalue weighted by atomic mass is 10.0. The van der Waals surface area contributed by atoms with Crippen LogP contribution in [0.5, 0.6) is 17.2 Å². The van der Waals surface area contributed by atoms with E-state index in [-0.39, 0.29) is 5.78 Å². The SMILES string of the molecule is CCCCCCCCCCCC(=O)c1c(OCc2ccccc2)cc(OCc2ccccc2)cc1OCc1ccccc1. The molecule has 0 aliphatic carbocycles. The minimum atomic E-state index is 0.0451. The smallest absolute Gasteiger partial charge is 0.170 e. The molecule has 0 heterocycles. The van der Waals surface area contributed by atoms with Gasteiger partial charge in [-0.1, -0.05) is 149 Å². The molecule has 43 heavy (non-hydrogen) atoms. The molecule has 4 rings (SSSR count). The quantitative estimate of drug-likeness (QED) is 0.0773. The maximum atomic E-state index is 13.8. The summed E-state index contributed by atoms with van der Waals surface area (Å²) in [7, 11) is 0. The highest BCUT2D eigenvalue weighted by Gasteiger charge is 2.22. The number of carbonyl (C=O) groups is 1. The predicted molar refractivity (Wildman–Crippen MR) is 175 cm³/mol. The summed E-state index contributed by atoms with van der Waals surface area (Å²) in [5.74, 6) is 1.65. The standard InChI is InChI=1S/C39H46O4/c1-2-3-4-5-6-7-8-9-19-26-36(40)39-37(42-30-33-22-15-11-16-23-33)27-35(41-29-32-20-13-10-14-21-32)28-38(39)43-31-34-24-17-12-18-25-34/h10-18,20-25,27-28H,2-9,19,26,29-31H2,1H3. The average molecular weight is 579 g/mol. The van der Waals surface area contributed by atoms with E-state index in [1.807, 2.05) is 103 Å². The van der Waals surface area contributed by atoms with Gasteiger partial charge in [-0.05, 0) is 23.1 Å². The van der Waals surface area contributed by atoms with Gasteiger partial charge in [-0.15, -0.1) is 0 Å². The third kappa shape index (κ3) is 11.3. The van der Waals surface area contributed by atoms with Gasteiger partial charge >= 0.3 is 0 Å². The fourth-order valence-corrected chi connectivity index (χ4v) is 5.08. The van der Waals surface area contributed by atoms with Crippen molar-refractivity contribution in [3.8, 4) is 17.2 Å². The second kappa shape index (κ2) is 18.5. The molecular weight excluding hydrogens is 532 g/mol. The summed E-state index contributed by atoms with van der Waals surface area (Å²) in [4.78, 5) is 13.8. The van der Waals surface area contributed by atoms with Gasteiger partial charge in [-0.3, -0.25) is 4.79 Å². The second-order valence-electron chi connectivity index (χ2n) is 11.1. The zero-order valence-corrected chi connectivity index (χ0v) is 25.6. The van der Waals surface area contributed by atoms with E-state index >= 15 is 0 Å². The van der Waals surface area contributed by atoms with Gasteiger partial charge in [0.1, 0.15) is 42.6 Å². The molecule has 0 amide bonds. The van der Waals surface area contributed by atoms with E-state index in [0.29, 0.717) is 49.1 Å². The van der Waals surface area contributed by atoms with Crippen molar-refractivity contribution in [1.29, 1.82) is 0 Å². The second-order valence-corrected chi connectivity index (χ2v) is 11.1. The molecule has 0 saturated heterocycles. The molecule has 4 aromatic carbocycles. The van der Waals surface area contributed by atoms with Crippen molar-refractivity contribution in [1.82, 2.24) is 0 Å². The molecular formula is C39H46O4. The van der Waals surface area contributed by atoms with Gasteiger partial charge in [0, 0.05) is 18.6 Å². The van der Waals surface area contributed by atoms with Crippen LogP contribution in [0.1, 0.15) is 98.2 Å². The topological polar surface area (TPSA) is 44.8 Å². The molecule has 0 aliphatic rings. The zero-order valence-electron chi connectivity index (χ0n) is 25.6. The van der Waals surface area contributed by atoms with Crippen molar-refractivity contribution in [2.75, 3.05) is 0 Å². The van der Waals surface area contributed by atoms with E-state index in [9.17, 15) is 4.79 Å². The van der Waals surface area contributed by atoms with Gasteiger partial charge in [0.15, 0.2) is 5.78 Å². The first-order valence-corrected chi connectivity index (χ1v) is 15.9. The molecule has 0 bridgehead atoms. The molecule has 0 radical (unpaired) electrons. The molecule has 4 heteroatoms. The number of benzene rings is 4. The van der Waals surface area contributed by atoms with Crippen molar-refractivity contribution < 1.29 is 19.0 Å². The highest BCUT2D eigenvalue weighted by molar-refractivity contribution is 6.01. The first kappa shape index (κ1) is 31.9. The van der Waals surface area contributed by atoms with Crippen molar-refractivity contribution in [2.45, 2.75) is 91.0 Å². The Morgan fingerprint density at radius 1 is 0.512 bits per heavy atom. The van der Waals surface area contributed by atoms with E-state index in [2.05, 4.69) is 6.92 Å². The van der Waals surface area contributed by atoms with Crippen LogP contribution in [0, 0.1) is 0 Å². The van der Waals surface area contributed by atoms with Gasteiger partial charge in [0.2, 0.25) is 0 Å². The van der Waals surface area contributed by atoms with Crippen molar-refractivity contribution >= 4 is 5.78 Å². The molecule has 0 aromatic heterocycles.